The number of hydrogen-bond donors (Lipinski definition) is 3. The van der Waals surface area contributed by atoms with Gasteiger partial charge in [0.2, 0.25) is 11.8 Å². The van der Waals surface area contributed by atoms with E-state index in [9.17, 15) is 9.59 Å². The SMILES string of the molecule is O=C(Nc1ccc2nc(-c3ccc(NC(=O)C4CCCCC4)cc3)[nH]c2c1)C1CCCCCC1. The third kappa shape index (κ3) is 5.32. The Morgan fingerprint density at radius 3 is 1.85 bits per heavy atom. The number of aromatic nitrogens is 2. The average molecular weight is 459 g/mol. The van der Waals surface area contributed by atoms with Crippen molar-refractivity contribution in [3.8, 4) is 11.4 Å². The standard InChI is InChI=1S/C28H34N4O2/c33-27(20-10-6-3-7-11-20)29-22-14-12-19(13-15-22)26-31-24-17-16-23(18-25(24)32-26)30-28(34)21-8-4-1-2-5-9-21/h12-18,20-21H,1-11H2,(H,29,33)(H,30,34)(H,31,32). The van der Waals surface area contributed by atoms with Crippen molar-refractivity contribution in [3.63, 3.8) is 0 Å². The van der Waals surface area contributed by atoms with E-state index in [1.165, 1.54) is 19.3 Å². The molecule has 3 aromatic rings. The van der Waals surface area contributed by atoms with Crippen molar-refractivity contribution in [3.05, 3.63) is 42.5 Å². The Hall–Kier alpha value is -3.15. The zero-order chi connectivity index (χ0) is 23.3. The summed E-state index contributed by atoms with van der Waals surface area (Å²) in [6, 6.07) is 13.6. The number of imidazole rings is 1. The minimum atomic E-state index is 0.118. The molecule has 0 atom stereocenters. The summed E-state index contributed by atoms with van der Waals surface area (Å²) < 4.78 is 0. The van der Waals surface area contributed by atoms with E-state index < -0.39 is 0 Å². The first kappa shape index (κ1) is 22.6. The fourth-order valence-electron chi connectivity index (χ4n) is 5.33. The predicted octanol–water partition coefficient (Wildman–Crippen LogP) is 6.66. The lowest BCUT2D eigenvalue weighted by atomic mass is 9.88. The van der Waals surface area contributed by atoms with Crippen molar-refractivity contribution in [2.24, 2.45) is 11.8 Å². The Morgan fingerprint density at radius 1 is 0.706 bits per heavy atom. The highest BCUT2D eigenvalue weighted by atomic mass is 16.2. The molecule has 6 nitrogen and oxygen atoms in total. The number of nitrogens with one attached hydrogen (secondary N) is 3. The number of benzene rings is 2. The van der Waals surface area contributed by atoms with Crippen LogP contribution in [0.3, 0.4) is 0 Å². The maximum absolute atomic E-state index is 12.7. The smallest absolute Gasteiger partial charge is 0.227 e. The van der Waals surface area contributed by atoms with E-state index in [1.807, 2.05) is 42.5 Å². The van der Waals surface area contributed by atoms with Crippen LogP contribution in [0.2, 0.25) is 0 Å². The second-order valence-electron chi connectivity index (χ2n) is 9.90. The molecule has 2 amide bonds. The van der Waals surface area contributed by atoms with Crippen LogP contribution in [0.25, 0.3) is 22.4 Å². The third-order valence-corrected chi connectivity index (χ3v) is 7.38. The fourth-order valence-corrected chi connectivity index (χ4v) is 5.33. The van der Waals surface area contributed by atoms with Crippen molar-refractivity contribution in [2.75, 3.05) is 10.6 Å². The average Bonchev–Trinajstić information content (AvgIpc) is 3.09. The topological polar surface area (TPSA) is 86.9 Å². The van der Waals surface area contributed by atoms with Crippen molar-refractivity contribution in [2.45, 2.75) is 70.6 Å². The summed E-state index contributed by atoms with van der Waals surface area (Å²) in [6.45, 7) is 0. The molecule has 178 valence electrons. The monoisotopic (exact) mass is 458 g/mol. The lowest BCUT2D eigenvalue weighted by molar-refractivity contribution is -0.121. The molecule has 6 heteroatoms. The van der Waals surface area contributed by atoms with Gasteiger partial charge in [0, 0.05) is 28.8 Å². The molecular weight excluding hydrogens is 424 g/mol. The van der Waals surface area contributed by atoms with Gasteiger partial charge in [0.15, 0.2) is 0 Å². The summed E-state index contributed by atoms with van der Waals surface area (Å²) in [4.78, 5) is 33.3. The molecule has 0 bridgehead atoms. The molecule has 2 aliphatic carbocycles. The Kier molecular flexibility index (Phi) is 6.93. The van der Waals surface area contributed by atoms with Gasteiger partial charge in [0.1, 0.15) is 5.82 Å². The molecule has 2 aromatic carbocycles. The number of H-pyrrole nitrogens is 1. The van der Waals surface area contributed by atoms with Crippen molar-refractivity contribution >= 4 is 34.2 Å². The van der Waals surface area contributed by atoms with Crippen LogP contribution in [0.5, 0.6) is 0 Å². The van der Waals surface area contributed by atoms with E-state index >= 15 is 0 Å². The highest BCUT2D eigenvalue weighted by Crippen LogP contribution is 2.28. The zero-order valence-electron chi connectivity index (χ0n) is 19.7. The van der Waals surface area contributed by atoms with E-state index in [0.29, 0.717) is 0 Å². The number of carbonyl (C=O) groups is 2. The first-order valence-electron chi connectivity index (χ1n) is 12.9. The van der Waals surface area contributed by atoms with Crippen molar-refractivity contribution < 1.29 is 9.59 Å². The summed E-state index contributed by atoms with van der Waals surface area (Å²) in [5, 5.41) is 6.17. The maximum atomic E-state index is 12.7. The van der Waals surface area contributed by atoms with Gasteiger partial charge in [0.05, 0.1) is 11.0 Å². The van der Waals surface area contributed by atoms with Gasteiger partial charge < -0.3 is 15.6 Å². The van der Waals surface area contributed by atoms with Gasteiger partial charge in [-0.2, -0.15) is 0 Å². The Morgan fingerprint density at radius 2 is 1.24 bits per heavy atom. The molecule has 2 saturated carbocycles. The van der Waals surface area contributed by atoms with Gasteiger partial charge >= 0.3 is 0 Å². The van der Waals surface area contributed by atoms with E-state index in [4.69, 9.17) is 4.98 Å². The van der Waals surface area contributed by atoms with Crippen molar-refractivity contribution in [1.82, 2.24) is 9.97 Å². The second-order valence-corrected chi connectivity index (χ2v) is 9.90. The van der Waals surface area contributed by atoms with Gasteiger partial charge in [-0.1, -0.05) is 44.9 Å². The van der Waals surface area contributed by atoms with Gasteiger partial charge in [-0.15, -0.1) is 0 Å². The summed E-state index contributed by atoms with van der Waals surface area (Å²) in [6.07, 6.45) is 12.3. The van der Waals surface area contributed by atoms with E-state index in [-0.39, 0.29) is 23.7 Å². The van der Waals surface area contributed by atoms with Crippen LogP contribution in [-0.2, 0) is 9.59 Å². The van der Waals surface area contributed by atoms with Crippen LogP contribution in [0.1, 0.15) is 70.6 Å². The van der Waals surface area contributed by atoms with Crippen LogP contribution >= 0.6 is 0 Å². The molecular formula is C28H34N4O2. The molecule has 0 radical (unpaired) electrons. The summed E-state index contributed by atoms with van der Waals surface area (Å²) >= 11 is 0. The van der Waals surface area contributed by atoms with Crippen LogP contribution in [0.15, 0.2) is 42.5 Å². The molecule has 34 heavy (non-hydrogen) atoms. The van der Waals surface area contributed by atoms with E-state index in [2.05, 4.69) is 15.6 Å². The fraction of sp³-hybridized carbons (Fsp3) is 0.464. The second kappa shape index (κ2) is 10.4. The zero-order valence-corrected chi connectivity index (χ0v) is 19.7. The quantitative estimate of drug-likeness (QED) is 0.374. The number of aromatic amines is 1. The largest absolute Gasteiger partial charge is 0.338 e. The summed E-state index contributed by atoms with van der Waals surface area (Å²) in [5.41, 5.74) is 4.33. The molecule has 0 spiro atoms. The third-order valence-electron chi connectivity index (χ3n) is 7.38. The predicted molar refractivity (Wildman–Crippen MR) is 137 cm³/mol. The van der Waals surface area contributed by atoms with Gasteiger partial charge in [0.25, 0.3) is 0 Å². The van der Waals surface area contributed by atoms with Gasteiger partial charge in [-0.05, 0) is 68.1 Å². The molecule has 1 aromatic heterocycles. The molecule has 0 aliphatic heterocycles. The Labute approximate surface area is 200 Å². The summed E-state index contributed by atoms with van der Waals surface area (Å²) in [7, 11) is 0. The lowest BCUT2D eigenvalue weighted by Crippen LogP contribution is -2.24. The number of nitrogens with zero attached hydrogens (tertiary/aromatic N) is 1. The molecule has 1 heterocycles. The van der Waals surface area contributed by atoms with Crippen LogP contribution in [0.4, 0.5) is 11.4 Å². The van der Waals surface area contributed by atoms with E-state index in [1.54, 1.807) is 0 Å². The van der Waals surface area contributed by atoms with Crippen LogP contribution in [0, 0.1) is 11.8 Å². The first-order valence-corrected chi connectivity index (χ1v) is 12.9. The number of hydrogen-bond acceptors (Lipinski definition) is 3. The van der Waals surface area contributed by atoms with Crippen molar-refractivity contribution in [1.29, 1.82) is 0 Å². The molecule has 0 saturated heterocycles. The van der Waals surface area contributed by atoms with Gasteiger partial charge in [-0.25, -0.2) is 4.98 Å². The number of carbonyl (C=O) groups excluding carboxylic acids is 2. The normalized spacial score (nSPS) is 17.9. The minimum Gasteiger partial charge on any atom is -0.338 e. The maximum Gasteiger partial charge on any atom is 0.227 e. The summed E-state index contributed by atoms with van der Waals surface area (Å²) in [5.74, 6) is 1.29. The molecule has 2 fully saturated rings. The minimum absolute atomic E-state index is 0.118. The lowest BCUT2D eigenvalue weighted by Gasteiger charge is -2.20. The highest BCUT2D eigenvalue weighted by Gasteiger charge is 2.22. The number of anilines is 2. The molecule has 0 unspecified atom stereocenters. The number of amides is 2. The van der Waals surface area contributed by atoms with Gasteiger partial charge in [-0.3, -0.25) is 9.59 Å². The molecule has 2 aliphatic rings. The first-order chi connectivity index (χ1) is 16.7. The molecule has 3 N–H and O–H groups in total. The number of fused-ring (bicyclic) bond motifs is 1. The van der Waals surface area contributed by atoms with Crippen LogP contribution in [-0.4, -0.2) is 21.8 Å². The Balaban J connectivity index is 1.25. The molecule has 5 rings (SSSR count). The van der Waals surface area contributed by atoms with Crippen LogP contribution < -0.4 is 10.6 Å². The van der Waals surface area contributed by atoms with E-state index in [0.717, 1.165) is 85.2 Å². The highest BCUT2D eigenvalue weighted by molar-refractivity contribution is 5.95. The Bertz CT molecular complexity index is 1140. The number of rotatable bonds is 5.